The summed E-state index contributed by atoms with van der Waals surface area (Å²) in [6.07, 6.45) is 0. The highest BCUT2D eigenvalue weighted by Crippen LogP contribution is 2.29. The van der Waals surface area contributed by atoms with Gasteiger partial charge in [0.2, 0.25) is 0 Å². The van der Waals surface area contributed by atoms with Crippen molar-refractivity contribution < 1.29 is 5.11 Å². The van der Waals surface area contributed by atoms with Gasteiger partial charge in [-0.3, -0.25) is 0 Å². The molecule has 0 fully saturated rings. The number of aromatic amines is 1. The molecule has 4 heteroatoms. The molecule has 2 aromatic carbocycles. The maximum atomic E-state index is 9.69. The van der Waals surface area contributed by atoms with Gasteiger partial charge in [-0.1, -0.05) is 6.07 Å². The van der Waals surface area contributed by atoms with Crippen LogP contribution in [0.25, 0.3) is 22.4 Å². The number of halogens is 1. The summed E-state index contributed by atoms with van der Waals surface area (Å²) in [5, 5.41) is 9.69. The third-order valence-electron chi connectivity index (χ3n) is 2.86. The molecule has 18 heavy (non-hydrogen) atoms. The molecule has 0 aliphatic heterocycles. The van der Waals surface area contributed by atoms with E-state index < -0.39 is 0 Å². The summed E-state index contributed by atoms with van der Waals surface area (Å²) in [5.74, 6) is 0.975. The molecule has 1 heterocycles. The first-order valence-electron chi connectivity index (χ1n) is 5.59. The van der Waals surface area contributed by atoms with Gasteiger partial charge in [-0.05, 0) is 58.7 Å². The Hall–Kier alpha value is -1.81. The van der Waals surface area contributed by atoms with Crippen LogP contribution >= 0.6 is 15.9 Å². The molecule has 0 saturated carbocycles. The Balaban J connectivity index is 2.16. The molecular weight excluding hydrogens is 292 g/mol. The van der Waals surface area contributed by atoms with Gasteiger partial charge >= 0.3 is 0 Å². The number of hydrogen-bond donors (Lipinski definition) is 2. The summed E-state index contributed by atoms with van der Waals surface area (Å²) >= 11 is 3.27. The molecule has 3 aromatic rings. The van der Waals surface area contributed by atoms with Gasteiger partial charge in [-0.25, -0.2) is 4.98 Å². The first-order valence-corrected chi connectivity index (χ1v) is 6.38. The average Bonchev–Trinajstić information content (AvgIpc) is 2.75. The number of aromatic hydroxyl groups is 1. The largest absolute Gasteiger partial charge is 0.507 e. The predicted molar refractivity (Wildman–Crippen MR) is 75.6 cm³/mol. The molecule has 0 atom stereocenters. The van der Waals surface area contributed by atoms with E-state index >= 15 is 0 Å². The first-order chi connectivity index (χ1) is 8.63. The van der Waals surface area contributed by atoms with Crippen LogP contribution in [0.2, 0.25) is 0 Å². The smallest absolute Gasteiger partial charge is 0.138 e. The Morgan fingerprint density at radius 2 is 2.00 bits per heavy atom. The minimum Gasteiger partial charge on any atom is -0.507 e. The van der Waals surface area contributed by atoms with Crippen molar-refractivity contribution in [3.63, 3.8) is 0 Å². The molecule has 0 bridgehead atoms. The van der Waals surface area contributed by atoms with Gasteiger partial charge in [-0.15, -0.1) is 0 Å². The highest BCUT2D eigenvalue weighted by atomic mass is 79.9. The highest BCUT2D eigenvalue weighted by molar-refractivity contribution is 9.10. The normalized spacial score (nSPS) is 11.0. The standard InChI is InChI=1S/C14H11BrN2O/c1-8-2-5-11-12(6-8)17-14(16-11)9-3-4-10(15)13(18)7-9/h2-7,18H,1H3,(H,16,17). The maximum Gasteiger partial charge on any atom is 0.138 e. The Kier molecular flexibility index (Phi) is 2.59. The quantitative estimate of drug-likeness (QED) is 0.713. The van der Waals surface area contributed by atoms with Crippen molar-refractivity contribution in [2.75, 3.05) is 0 Å². The first kappa shape index (κ1) is 11.3. The SMILES string of the molecule is Cc1ccc2nc(-c3ccc(Br)c(O)c3)[nH]c2c1. The molecule has 3 nitrogen and oxygen atoms in total. The Morgan fingerprint density at radius 3 is 2.78 bits per heavy atom. The Bertz CT molecular complexity index is 734. The van der Waals surface area contributed by atoms with Crippen LogP contribution in [0.4, 0.5) is 0 Å². The number of benzene rings is 2. The van der Waals surface area contributed by atoms with Crippen molar-refractivity contribution in [2.24, 2.45) is 0 Å². The molecule has 0 unspecified atom stereocenters. The van der Waals surface area contributed by atoms with Crippen LogP contribution in [0.5, 0.6) is 5.75 Å². The van der Waals surface area contributed by atoms with Gasteiger partial charge < -0.3 is 10.1 Å². The van der Waals surface area contributed by atoms with Crippen LogP contribution in [-0.2, 0) is 0 Å². The van der Waals surface area contributed by atoms with E-state index in [1.165, 1.54) is 5.56 Å². The molecule has 90 valence electrons. The number of hydrogen-bond acceptors (Lipinski definition) is 2. The predicted octanol–water partition coefficient (Wildman–Crippen LogP) is 4.01. The van der Waals surface area contributed by atoms with Crippen LogP contribution in [0, 0.1) is 6.92 Å². The Morgan fingerprint density at radius 1 is 1.17 bits per heavy atom. The highest BCUT2D eigenvalue weighted by Gasteiger charge is 2.07. The van der Waals surface area contributed by atoms with Crippen molar-refractivity contribution in [1.82, 2.24) is 9.97 Å². The van der Waals surface area contributed by atoms with E-state index in [4.69, 9.17) is 0 Å². The minimum absolute atomic E-state index is 0.212. The minimum atomic E-state index is 0.212. The summed E-state index contributed by atoms with van der Waals surface area (Å²) < 4.78 is 0.679. The van der Waals surface area contributed by atoms with E-state index in [2.05, 4.69) is 32.0 Å². The number of aromatic nitrogens is 2. The van der Waals surface area contributed by atoms with E-state index in [-0.39, 0.29) is 5.75 Å². The average molecular weight is 303 g/mol. The zero-order chi connectivity index (χ0) is 12.7. The molecule has 0 radical (unpaired) electrons. The van der Waals surface area contributed by atoms with Crippen molar-refractivity contribution >= 4 is 27.0 Å². The van der Waals surface area contributed by atoms with Crippen molar-refractivity contribution in [1.29, 1.82) is 0 Å². The number of phenolic OH excluding ortho intramolecular Hbond substituents is 1. The molecule has 0 aliphatic carbocycles. The summed E-state index contributed by atoms with van der Waals surface area (Å²) in [5.41, 5.74) is 3.99. The number of rotatable bonds is 1. The molecular formula is C14H11BrN2O. The molecule has 0 spiro atoms. The lowest BCUT2D eigenvalue weighted by atomic mass is 10.2. The van der Waals surface area contributed by atoms with E-state index in [1.54, 1.807) is 6.07 Å². The van der Waals surface area contributed by atoms with E-state index in [9.17, 15) is 5.11 Å². The van der Waals surface area contributed by atoms with Crippen molar-refractivity contribution in [2.45, 2.75) is 6.92 Å². The maximum absolute atomic E-state index is 9.69. The fraction of sp³-hybridized carbons (Fsp3) is 0.0714. The zero-order valence-electron chi connectivity index (χ0n) is 9.74. The van der Waals surface area contributed by atoms with Crippen molar-refractivity contribution in [3.8, 4) is 17.1 Å². The summed E-state index contributed by atoms with van der Waals surface area (Å²) in [7, 11) is 0. The van der Waals surface area contributed by atoms with Crippen LogP contribution in [-0.4, -0.2) is 15.1 Å². The summed E-state index contributed by atoms with van der Waals surface area (Å²) in [6, 6.07) is 11.5. The topological polar surface area (TPSA) is 48.9 Å². The fourth-order valence-electron chi connectivity index (χ4n) is 1.92. The zero-order valence-corrected chi connectivity index (χ0v) is 11.3. The molecule has 2 N–H and O–H groups in total. The van der Waals surface area contributed by atoms with Crippen LogP contribution in [0.1, 0.15) is 5.56 Å². The van der Waals surface area contributed by atoms with E-state index in [1.807, 2.05) is 31.2 Å². The van der Waals surface area contributed by atoms with Gasteiger partial charge in [0.25, 0.3) is 0 Å². The number of imidazole rings is 1. The fourth-order valence-corrected chi connectivity index (χ4v) is 2.17. The van der Waals surface area contributed by atoms with Crippen LogP contribution in [0.3, 0.4) is 0 Å². The number of aryl methyl sites for hydroxylation is 1. The van der Waals surface area contributed by atoms with Gasteiger partial charge in [0.15, 0.2) is 0 Å². The summed E-state index contributed by atoms with van der Waals surface area (Å²) in [6.45, 7) is 2.05. The molecule has 3 rings (SSSR count). The van der Waals surface area contributed by atoms with Crippen molar-refractivity contribution in [3.05, 3.63) is 46.4 Å². The van der Waals surface area contributed by atoms with Gasteiger partial charge in [0.05, 0.1) is 15.5 Å². The van der Waals surface area contributed by atoms with Gasteiger partial charge in [-0.2, -0.15) is 0 Å². The molecule has 1 aromatic heterocycles. The number of nitrogens with one attached hydrogen (secondary N) is 1. The van der Waals surface area contributed by atoms with E-state index in [0.717, 1.165) is 22.4 Å². The van der Waals surface area contributed by atoms with Gasteiger partial charge in [0.1, 0.15) is 11.6 Å². The monoisotopic (exact) mass is 302 g/mol. The Labute approximate surface area is 113 Å². The summed E-state index contributed by atoms with van der Waals surface area (Å²) in [4.78, 5) is 7.77. The van der Waals surface area contributed by atoms with E-state index in [0.29, 0.717) is 4.47 Å². The number of phenols is 1. The van der Waals surface area contributed by atoms with Crippen LogP contribution < -0.4 is 0 Å². The molecule has 0 aliphatic rings. The second-order valence-electron chi connectivity index (χ2n) is 4.27. The second kappa shape index (κ2) is 4.14. The van der Waals surface area contributed by atoms with Crippen LogP contribution in [0.15, 0.2) is 40.9 Å². The number of nitrogens with zero attached hydrogens (tertiary/aromatic N) is 1. The molecule has 0 amide bonds. The lowest BCUT2D eigenvalue weighted by Crippen LogP contribution is -1.80. The third-order valence-corrected chi connectivity index (χ3v) is 3.53. The number of H-pyrrole nitrogens is 1. The third kappa shape index (κ3) is 1.88. The van der Waals surface area contributed by atoms with Gasteiger partial charge in [0, 0.05) is 5.56 Å². The lowest BCUT2D eigenvalue weighted by Gasteiger charge is -1.99. The lowest BCUT2D eigenvalue weighted by molar-refractivity contribution is 0.472. The number of fused-ring (bicyclic) bond motifs is 1. The molecule has 0 saturated heterocycles. The second-order valence-corrected chi connectivity index (χ2v) is 5.13.